The van der Waals surface area contributed by atoms with E-state index in [-0.39, 0.29) is 12.6 Å². The molecule has 3 rings (SSSR count). The Labute approximate surface area is 161 Å². The van der Waals surface area contributed by atoms with Crippen molar-refractivity contribution in [2.24, 2.45) is 0 Å². The third kappa shape index (κ3) is 4.57. The number of hydrogen-bond acceptors (Lipinski definition) is 6. The molecule has 0 spiro atoms. The predicted molar refractivity (Wildman–Crippen MR) is 102 cm³/mol. The molecule has 1 heterocycles. The fraction of sp³-hybridized carbons (Fsp3) is 0.190. The Kier molecular flexibility index (Phi) is 5.94. The van der Waals surface area contributed by atoms with E-state index in [0.29, 0.717) is 22.6 Å². The highest BCUT2D eigenvalue weighted by atomic mass is 32.2. The number of aryl methyl sites for hydroxylation is 2. The van der Waals surface area contributed by atoms with Crippen molar-refractivity contribution < 1.29 is 14.1 Å². The Balaban J connectivity index is 1.67. The Morgan fingerprint density at radius 1 is 1.19 bits per heavy atom. The first kappa shape index (κ1) is 18.7. The molecular weight excluding hydrogens is 360 g/mol. The number of aromatic nitrogens is 1. The van der Waals surface area contributed by atoms with Crippen LogP contribution in [0.1, 0.15) is 38.5 Å². The molecule has 0 radical (unpaired) electrons. The van der Waals surface area contributed by atoms with Crippen LogP contribution < -0.4 is 0 Å². The average Bonchev–Trinajstić information content (AvgIpc) is 3.02. The Morgan fingerprint density at radius 2 is 1.93 bits per heavy atom. The zero-order valence-corrected chi connectivity index (χ0v) is 15.9. The normalized spacial score (nSPS) is 10.4. The number of carbonyl (C=O) groups is 1. The molecule has 0 unspecified atom stereocenters. The van der Waals surface area contributed by atoms with E-state index in [0.717, 1.165) is 21.7 Å². The summed E-state index contributed by atoms with van der Waals surface area (Å²) in [7, 11) is 0. The molecular formula is C21H18N2O3S. The number of benzene rings is 2. The van der Waals surface area contributed by atoms with E-state index in [4.69, 9.17) is 14.5 Å². The highest BCUT2D eigenvalue weighted by Crippen LogP contribution is 2.27. The van der Waals surface area contributed by atoms with Crippen molar-refractivity contribution in [3.8, 4) is 6.07 Å². The predicted octanol–water partition coefficient (Wildman–Crippen LogP) is 4.81. The lowest BCUT2D eigenvalue weighted by atomic mass is 10.2. The van der Waals surface area contributed by atoms with E-state index in [1.165, 1.54) is 0 Å². The summed E-state index contributed by atoms with van der Waals surface area (Å²) in [4.78, 5) is 13.4. The minimum Gasteiger partial charge on any atom is -0.457 e. The first-order chi connectivity index (χ1) is 13.1. The second-order valence-electron chi connectivity index (χ2n) is 5.97. The Hall–Kier alpha value is -3.04. The third-order valence-corrected chi connectivity index (χ3v) is 5.26. The molecule has 0 atom stereocenters. The maximum absolute atomic E-state index is 12.6. The number of ether oxygens (including phenoxy) is 1. The lowest BCUT2D eigenvalue weighted by Gasteiger charge is -2.09. The number of nitriles is 1. The number of esters is 1. The molecule has 27 heavy (non-hydrogen) atoms. The molecule has 1 aromatic heterocycles. The molecule has 0 amide bonds. The number of rotatable bonds is 6. The van der Waals surface area contributed by atoms with Crippen molar-refractivity contribution >= 4 is 17.7 Å². The van der Waals surface area contributed by atoms with Gasteiger partial charge in [0.15, 0.2) is 0 Å². The Morgan fingerprint density at radius 3 is 2.59 bits per heavy atom. The molecule has 136 valence electrons. The average molecular weight is 378 g/mol. The molecule has 3 aromatic rings. The maximum atomic E-state index is 12.6. The topological polar surface area (TPSA) is 76.1 Å². The SMILES string of the molecule is Cc1noc(C)c1COC(=O)c1ccccc1SCc1ccc(C#N)cc1. The van der Waals surface area contributed by atoms with Crippen LogP contribution in [0, 0.1) is 25.2 Å². The van der Waals surface area contributed by atoms with Crippen LogP contribution in [-0.2, 0) is 17.1 Å². The smallest absolute Gasteiger partial charge is 0.339 e. The van der Waals surface area contributed by atoms with E-state index >= 15 is 0 Å². The van der Waals surface area contributed by atoms with Gasteiger partial charge in [0, 0.05) is 10.6 Å². The second kappa shape index (κ2) is 8.56. The summed E-state index contributed by atoms with van der Waals surface area (Å²) in [6.45, 7) is 3.75. The molecule has 0 aliphatic heterocycles. The van der Waals surface area contributed by atoms with Gasteiger partial charge in [-0.3, -0.25) is 0 Å². The largest absolute Gasteiger partial charge is 0.457 e. The van der Waals surface area contributed by atoms with Gasteiger partial charge in [-0.1, -0.05) is 29.4 Å². The molecule has 0 saturated carbocycles. The van der Waals surface area contributed by atoms with Crippen molar-refractivity contribution in [2.75, 3.05) is 0 Å². The molecule has 2 aromatic carbocycles. The van der Waals surface area contributed by atoms with Crippen LogP contribution in [0.2, 0.25) is 0 Å². The second-order valence-corrected chi connectivity index (χ2v) is 6.99. The van der Waals surface area contributed by atoms with Gasteiger partial charge in [-0.05, 0) is 43.7 Å². The van der Waals surface area contributed by atoms with Crippen LogP contribution in [0.25, 0.3) is 0 Å². The van der Waals surface area contributed by atoms with Gasteiger partial charge in [-0.15, -0.1) is 11.8 Å². The minimum atomic E-state index is -0.377. The maximum Gasteiger partial charge on any atom is 0.339 e. The summed E-state index contributed by atoms with van der Waals surface area (Å²) < 4.78 is 10.6. The zero-order chi connectivity index (χ0) is 19.2. The summed E-state index contributed by atoms with van der Waals surface area (Å²) in [6.07, 6.45) is 0. The monoisotopic (exact) mass is 378 g/mol. The quantitative estimate of drug-likeness (QED) is 0.452. The summed E-state index contributed by atoms with van der Waals surface area (Å²) >= 11 is 1.56. The van der Waals surface area contributed by atoms with Gasteiger partial charge in [0.1, 0.15) is 12.4 Å². The van der Waals surface area contributed by atoms with Crippen molar-refractivity contribution in [2.45, 2.75) is 31.1 Å². The van der Waals surface area contributed by atoms with Crippen molar-refractivity contribution in [3.05, 3.63) is 82.2 Å². The fourth-order valence-electron chi connectivity index (χ4n) is 2.52. The van der Waals surface area contributed by atoms with E-state index in [1.807, 2.05) is 37.3 Å². The van der Waals surface area contributed by atoms with Crippen molar-refractivity contribution in [1.82, 2.24) is 5.16 Å². The minimum absolute atomic E-state index is 0.134. The molecule has 5 nitrogen and oxygen atoms in total. The number of carbonyl (C=O) groups excluding carboxylic acids is 1. The first-order valence-corrected chi connectivity index (χ1v) is 9.37. The molecule has 0 aliphatic carbocycles. The summed E-state index contributed by atoms with van der Waals surface area (Å²) in [5, 5.41) is 12.7. The number of nitrogens with zero attached hydrogens (tertiary/aromatic N) is 2. The number of hydrogen-bond donors (Lipinski definition) is 0. The van der Waals surface area contributed by atoms with Crippen molar-refractivity contribution in [1.29, 1.82) is 5.26 Å². The summed E-state index contributed by atoms with van der Waals surface area (Å²) in [5.74, 6) is 0.974. The highest BCUT2D eigenvalue weighted by Gasteiger charge is 2.16. The van der Waals surface area contributed by atoms with Crippen molar-refractivity contribution in [3.63, 3.8) is 0 Å². The van der Waals surface area contributed by atoms with Gasteiger partial charge in [-0.25, -0.2) is 4.79 Å². The highest BCUT2D eigenvalue weighted by molar-refractivity contribution is 7.98. The molecule has 0 N–H and O–H groups in total. The van der Waals surface area contributed by atoms with Gasteiger partial charge < -0.3 is 9.26 Å². The van der Waals surface area contributed by atoms with Crippen LogP contribution in [-0.4, -0.2) is 11.1 Å². The van der Waals surface area contributed by atoms with Crippen LogP contribution >= 0.6 is 11.8 Å². The Bertz CT molecular complexity index is 968. The lowest BCUT2D eigenvalue weighted by Crippen LogP contribution is -2.07. The lowest BCUT2D eigenvalue weighted by molar-refractivity contribution is 0.0466. The van der Waals surface area contributed by atoms with Gasteiger partial charge in [0.2, 0.25) is 0 Å². The standard InChI is InChI=1S/C21H18N2O3S/c1-14-19(15(2)26-23-14)12-25-21(24)18-5-3-4-6-20(18)27-13-17-9-7-16(11-22)8-10-17/h3-10H,12-13H2,1-2H3. The number of thioether (sulfide) groups is 1. The van der Waals surface area contributed by atoms with Crippen LogP contribution in [0.5, 0.6) is 0 Å². The molecule has 0 fully saturated rings. The van der Waals surface area contributed by atoms with E-state index in [2.05, 4.69) is 11.2 Å². The molecule has 0 saturated heterocycles. The van der Waals surface area contributed by atoms with E-state index in [1.54, 1.807) is 36.9 Å². The first-order valence-electron chi connectivity index (χ1n) is 8.38. The fourth-order valence-corrected chi connectivity index (χ4v) is 3.52. The van der Waals surface area contributed by atoms with Gasteiger partial charge >= 0.3 is 5.97 Å². The van der Waals surface area contributed by atoms with Crippen LogP contribution in [0.4, 0.5) is 0 Å². The van der Waals surface area contributed by atoms with Gasteiger partial charge in [0.25, 0.3) is 0 Å². The summed E-state index contributed by atoms with van der Waals surface area (Å²) in [5.41, 5.74) is 3.77. The molecule has 6 heteroatoms. The molecule has 0 bridgehead atoms. The molecule has 0 aliphatic rings. The van der Waals surface area contributed by atoms with Crippen LogP contribution in [0.15, 0.2) is 57.9 Å². The zero-order valence-electron chi connectivity index (χ0n) is 15.1. The van der Waals surface area contributed by atoms with E-state index in [9.17, 15) is 4.79 Å². The third-order valence-electron chi connectivity index (χ3n) is 4.11. The van der Waals surface area contributed by atoms with Gasteiger partial charge in [-0.2, -0.15) is 5.26 Å². The van der Waals surface area contributed by atoms with E-state index < -0.39 is 0 Å². The van der Waals surface area contributed by atoms with Crippen LogP contribution in [0.3, 0.4) is 0 Å². The summed E-state index contributed by atoms with van der Waals surface area (Å²) in [6, 6.07) is 16.9. The van der Waals surface area contributed by atoms with Gasteiger partial charge in [0.05, 0.1) is 28.5 Å².